The average Bonchev–Trinajstić information content (AvgIpc) is 2.91. The fourth-order valence-corrected chi connectivity index (χ4v) is 5.76. The molecule has 0 radical (unpaired) electrons. The molecule has 0 fully saturated rings. The third kappa shape index (κ3) is 8.81. The number of hydrogen-bond donors (Lipinski definition) is 1. The van der Waals surface area contributed by atoms with Crippen LogP contribution >= 0.6 is 15.9 Å². The summed E-state index contributed by atoms with van der Waals surface area (Å²) < 4.78 is 35.4. The second kappa shape index (κ2) is 13.5. The van der Waals surface area contributed by atoms with Crippen molar-refractivity contribution in [3.8, 4) is 5.75 Å². The van der Waals surface area contributed by atoms with Crippen LogP contribution in [-0.4, -0.2) is 49.9 Å². The van der Waals surface area contributed by atoms with E-state index < -0.39 is 34.1 Å². The number of amides is 2. The molecule has 0 aliphatic carbocycles. The molecule has 41 heavy (non-hydrogen) atoms. The van der Waals surface area contributed by atoms with Crippen LogP contribution in [0.4, 0.5) is 5.69 Å². The van der Waals surface area contributed by atoms with Gasteiger partial charge in [0.05, 0.1) is 17.2 Å². The Morgan fingerprint density at radius 1 is 0.951 bits per heavy atom. The highest BCUT2D eigenvalue weighted by Gasteiger charge is 2.33. The van der Waals surface area contributed by atoms with Gasteiger partial charge in [-0.05, 0) is 95.6 Å². The fourth-order valence-electron chi connectivity index (χ4n) is 4.08. The number of nitrogens with zero attached hydrogens (tertiary/aromatic N) is 2. The molecule has 0 aliphatic rings. The van der Waals surface area contributed by atoms with Gasteiger partial charge in [0.1, 0.15) is 18.3 Å². The standard InChI is InChI=1S/C31H38BrN3O5S/c1-7-40-27-16-14-26(15-17-27)35(41(38,39)28-18-8-22(2)9-19-28)21-29(36)34(20-24-10-12-25(32)13-11-24)23(3)30(37)33-31(4,5)6/h8-19,23H,7,20-21H2,1-6H3,(H,33,37). The van der Waals surface area contributed by atoms with E-state index in [0.717, 1.165) is 19.9 Å². The summed E-state index contributed by atoms with van der Waals surface area (Å²) in [5.74, 6) is -0.273. The molecule has 0 aromatic heterocycles. The van der Waals surface area contributed by atoms with E-state index in [4.69, 9.17) is 4.74 Å². The summed E-state index contributed by atoms with van der Waals surface area (Å²) in [4.78, 5) is 28.7. The summed E-state index contributed by atoms with van der Waals surface area (Å²) >= 11 is 3.42. The lowest BCUT2D eigenvalue weighted by Crippen LogP contribution is -2.54. The highest BCUT2D eigenvalue weighted by Crippen LogP contribution is 2.27. The minimum Gasteiger partial charge on any atom is -0.494 e. The molecule has 3 aromatic rings. The molecule has 0 heterocycles. The molecule has 0 spiro atoms. The van der Waals surface area contributed by atoms with Crippen LogP contribution in [0.5, 0.6) is 5.75 Å². The summed E-state index contributed by atoms with van der Waals surface area (Å²) in [6.45, 7) is 11.0. The Labute approximate surface area is 251 Å². The summed E-state index contributed by atoms with van der Waals surface area (Å²) in [6.07, 6.45) is 0. The third-order valence-corrected chi connectivity index (χ3v) is 8.57. The first-order chi connectivity index (χ1) is 19.2. The van der Waals surface area contributed by atoms with Crippen molar-refractivity contribution in [3.63, 3.8) is 0 Å². The van der Waals surface area contributed by atoms with Crippen molar-refractivity contribution < 1.29 is 22.7 Å². The average molecular weight is 645 g/mol. The molecule has 0 saturated heterocycles. The minimum absolute atomic E-state index is 0.0581. The number of rotatable bonds is 11. The topological polar surface area (TPSA) is 96.0 Å². The minimum atomic E-state index is -4.14. The molecule has 8 nitrogen and oxygen atoms in total. The number of ether oxygens (including phenoxy) is 1. The Morgan fingerprint density at radius 3 is 2.07 bits per heavy atom. The number of carbonyl (C=O) groups is 2. The molecule has 3 aromatic carbocycles. The van der Waals surface area contributed by atoms with Gasteiger partial charge in [0.15, 0.2) is 0 Å². The van der Waals surface area contributed by atoms with E-state index in [1.54, 1.807) is 43.3 Å². The molecule has 2 amide bonds. The van der Waals surface area contributed by atoms with E-state index in [1.165, 1.54) is 17.0 Å². The van der Waals surface area contributed by atoms with Crippen LogP contribution in [0.15, 0.2) is 82.2 Å². The maximum Gasteiger partial charge on any atom is 0.264 e. The van der Waals surface area contributed by atoms with Crippen molar-refractivity contribution in [1.29, 1.82) is 0 Å². The molecular formula is C31H38BrN3O5S. The maximum absolute atomic E-state index is 14.0. The number of carbonyl (C=O) groups excluding carboxylic acids is 2. The van der Waals surface area contributed by atoms with E-state index in [9.17, 15) is 18.0 Å². The molecule has 1 unspecified atom stereocenters. The zero-order valence-electron chi connectivity index (χ0n) is 24.3. The zero-order chi connectivity index (χ0) is 30.4. The van der Waals surface area contributed by atoms with E-state index in [0.29, 0.717) is 18.0 Å². The highest BCUT2D eigenvalue weighted by atomic mass is 79.9. The van der Waals surface area contributed by atoms with Gasteiger partial charge in [-0.2, -0.15) is 0 Å². The molecule has 0 saturated carbocycles. The summed E-state index contributed by atoms with van der Waals surface area (Å²) in [6, 6.07) is 19.6. The molecule has 3 rings (SSSR count). The maximum atomic E-state index is 14.0. The lowest BCUT2D eigenvalue weighted by Gasteiger charge is -2.33. The van der Waals surface area contributed by atoms with E-state index in [-0.39, 0.29) is 17.3 Å². The van der Waals surface area contributed by atoms with Crippen LogP contribution in [0.25, 0.3) is 0 Å². The lowest BCUT2D eigenvalue weighted by atomic mass is 10.1. The summed E-state index contributed by atoms with van der Waals surface area (Å²) in [5, 5.41) is 2.93. The summed E-state index contributed by atoms with van der Waals surface area (Å²) in [7, 11) is -4.14. The fraction of sp³-hybridized carbons (Fsp3) is 0.355. The van der Waals surface area contributed by atoms with Gasteiger partial charge in [-0.3, -0.25) is 13.9 Å². The Hall–Kier alpha value is -3.37. The number of aryl methyl sites for hydroxylation is 1. The Bertz CT molecular complexity index is 1440. The number of benzene rings is 3. The second-order valence-corrected chi connectivity index (χ2v) is 13.6. The quantitative estimate of drug-likeness (QED) is 0.290. The van der Waals surface area contributed by atoms with Gasteiger partial charge >= 0.3 is 0 Å². The van der Waals surface area contributed by atoms with E-state index in [2.05, 4.69) is 21.2 Å². The summed E-state index contributed by atoms with van der Waals surface area (Å²) in [5.41, 5.74) is 1.50. The van der Waals surface area contributed by atoms with Crippen molar-refractivity contribution >= 4 is 43.5 Å². The number of halogens is 1. The molecule has 0 aliphatic heterocycles. The molecular weight excluding hydrogens is 606 g/mol. The third-order valence-electron chi connectivity index (χ3n) is 6.26. The SMILES string of the molecule is CCOc1ccc(N(CC(=O)N(Cc2ccc(Br)cc2)C(C)C(=O)NC(C)(C)C)S(=O)(=O)c2ccc(C)cc2)cc1. The Balaban J connectivity index is 2.03. The van der Waals surface area contributed by atoms with Crippen molar-refractivity contribution in [2.24, 2.45) is 0 Å². The predicted octanol–water partition coefficient (Wildman–Crippen LogP) is 5.68. The van der Waals surface area contributed by atoms with Gasteiger partial charge < -0.3 is 15.0 Å². The smallest absolute Gasteiger partial charge is 0.264 e. The van der Waals surface area contributed by atoms with Gasteiger partial charge in [-0.25, -0.2) is 8.42 Å². The van der Waals surface area contributed by atoms with Crippen LogP contribution in [0.1, 0.15) is 45.7 Å². The van der Waals surface area contributed by atoms with E-state index >= 15 is 0 Å². The molecule has 220 valence electrons. The number of anilines is 1. The van der Waals surface area contributed by atoms with Gasteiger partial charge in [-0.15, -0.1) is 0 Å². The second-order valence-electron chi connectivity index (χ2n) is 10.8. The van der Waals surface area contributed by atoms with Crippen LogP contribution in [0, 0.1) is 6.92 Å². The largest absolute Gasteiger partial charge is 0.494 e. The molecule has 0 bridgehead atoms. The first kappa shape index (κ1) is 32.1. The van der Waals surface area contributed by atoms with Crippen molar-refractivity contribution in [2.75, 3.05) is 17.5 Å². The molecule has 10 heteroatoms. The van der Waals surface area contributed by atoms with Gasteiger partial charge in [-0.1, -0.05) is 45.8 Å². The van der Waals surface area contributed by atoms with Crippen molar-refractivity contribution in [1.82, 2.24) is 10.2 Å². The van der Waals surface area contributed by atoms with Gasteiger partial charge in [0, 0.05) is 16.6 Å². The normalized spacial score (nSPS) is 12.4. The predicted molar refractivity (Wildman–Crippen MR) is 165 cm³/mol. The zero-order valence-corrected chi connectivity index (χ0v) is 26.8. The monoisotopic (exact) mass is 643 g/mol. The van der Waals surface area contributed by atoms with Crippen LogP contribution in [0.3, 0.4) is 0 Å². The van der Waals surface area contributed by atoms with Crippen molar-refractivity contribution in [2.45, 2.75) is 64.6 Å². The van der Waals surface area contributed by atoms with Crippen LogP contribution in [0.2, 0.25) is 0 Å². The number of hydrogen-bond acceptors (Lipinski definition) is 5. The number of nitrogens with one attached hydrogen (secondary N) is 1. The van der Waals surface area contributed by atoms with E-state index in [1.807, 2.05) is 58.9 Å². The molecule has 1 N–H and O–H groups in total. The van der Waals surface area contributed by atoms with Crippen LogP contribution in [-0.2, 0) is 26.2 Å². The highest BCUT2D eigenvalue weighted by molar-refractivity contribution is 9.10. The number of sulfonamides is 1. The van der Waals surface area contributed by atoms with Crippen LogP contribution < -0.4 is 14.4 Å². The Morgan fingerprint density at radius 2 is 1.54 bits per heavy atom. The molecule has 1 atom stereocenters. The van der Waals surface area contributed by atoms with Gasteiger partial charge in [0.25, 0.3) is 10.0 Å². The first-order valence-electron chi connectivity index (χ1n) is 13.4. The first-order valence-corrected chi connectivity index (χ1v) is 15.6. The Kier molecular flexibility index (Phi) is 10.6. The van der Waals surface area contributed by atoms with Crippen molar-refractivity contribution in [3.05, 3.63) is 88.4 Å². The lowest BCUT2D eigenvalue weighted by molar-refractivity contribution is -0.140. The van der Waals surface area contributed by atoms with Gasteiger partial charge in [0.2, 0.25) is 11.8 Å².